The predicted molar refractivity (Wildman–Crippen MR) is 123 cm³/mol. The number of rotatable bonds is 4. The fraction of sp³-hybridized carbons (Fsp3) is 0.640. The number of ketones is 1. The van der Waals surface area contributed by atoms with E-state index in [1.54, 1.807) is 6.07 Å². The Balaban J connectivity index is 0.000000636. The second-order valence-electron chi connectivity index (χ2n) is 10.3. The first-order valence-corrected chi connectivity index (χ1v) is 12.0. The molecule has 0 radical (unpaired) electrons. The van der Waals surface area contributed by atoms with E-state index in [1.165, 1.54) is 18.9 Å². The highest BCUT2D eigenvalue weighted by molar-refractivity contribution is 5.84. The van der Waals surface area contributed by atoms with Crippen LogP contribution in [0, 0.1) is 5.41 Å². The van der Waals surface area contributed by atoms with E-state index in [4.69, 9.17) is 9.84 Å². The molecule has 2 bridgehead atoms. The van der Waals surface area contributed by atoms with Gasteiger partial charge in [0.05, 0.1) is 5.60 Å². The van der Waals surface area contributed by atoms with Crippen LogP contribution >= 0.6 is 0 Å². The maximum absolute atomic E-state index is 12.5. The second kappa shape index (κ2) is 8.53. The van der Waals surface area contributed by atoms with Gasteiger partial charge >= 0.3 is 12.1 Å². The molecule has 9 nitrogen and oxygen atoms in total. The standard InChI is InChI=1S/C21H24N2O7.C4H10/c1-23-10-19-6-11-2-3-13(30-18(28)22-8-14(25)26)16(27)15(11)20(9-19)7-12(24)4-5-21(20,29)17(19)23;1-3-4-2/h2-3,17,27,29H,4-10H2,1H3,(H,22,28)(H,25,26);3-4H2,1-2H3. The first kappa shape index (κ1) is 24.5. The van der Waals surface area contributed by atoms with Gasteiger partial charge in [-0.15, -0.1) is 0 Å². The van der Waals surface area contributed by atoms with Gasteiger partial charge in [-0.05, 0) is 37.9 Å². The molecule has 4 unspecified atom stereocenters. The van der Waals surface area contributed by atoms with Crippen molar-refractivity contribution in [3.63, 3.8) is 0 Å². The molecular weight excluding hydrogens is 440 g/mol. The highest BCUT2D eigenvalue weighted by Crippen LogP contribution is 2.72. The molecular formula is C25H34N2O7. The Hall–Kier alpha value is -2.65. The molecule has 1 saturated heterocycles. The van der Waals surface area contributed by atoms with E-state index >= 15 is 0 Å². The number of phenols is 1. The van der Waals surface area contributed by atoms with Gasteiger partial charge in [-0.2, -0.15) is 0 Å². The number of aliphatic carboxylic acids is 1. The molecule has 34 heavy (non-hydrogen) atoms. The van der Waals surface area contributed by atoms with Gasteiger partial charge in [0.1, 0.15) is 12.3 Å². The number of carboxylic acids is 1. The summed E-state index contributed by atoms with van der Waals surface area (Å²) >= 11 is 0. The van der Waals surface area contributed by atoms with E-state index < -0.39 is 29.6 Å². The minimum absolute atomic E-state index is 0.0524. The number of hydrogen-bond donors (Lipinski definition) is 4. The molecule has 2 saturated carbocycles. The largest absolute Gasteiger partial charge is 0.504 e. The Labute approximate surface area is 199 Å². The summed E-state index contributed by atoms with van der Waals surface area (Å²) in [6.07, 6.45) is 3.71. The number of carbonyl (C=O) groups is 3. The van der Waals surface area contributed by atoms with Gasteiger partial charge in [0.2, 0.25) is 0 Å². The van der Waals surface area contributed by atoms with Gasteiger partial charge in [-0.1, -0.05) is 32.8 Å². The van der Waals surface area contributed by atoms with Gasteiger partial charge in [0, 0.05) is 41.8 Å². The second-order valence-corrected chi connectivity index (χ2v) is 10.3. The Bertz CT molecular complexity index is 1020. The number of Topliss-reactive ketones (excluding diaryl/α,β-unsaturated/α-hetero) is 1. The number of carbonyl (C=O) groups excluding carboxylic acids is 2. The molecule has 2 spiro atoms. The summed E-state index contributed by atoms with van der Waals surface area (Å²) in [6.45, 7) is 4.57. The average Bonchev–Trinajstić information content (AvgIpc) is 2.90. The van der Waals surface area contributed by atoms with Crippen molar-refractivity contribution >= 4 is 17.8 Å². The molecule has 1 aromatic carbocycles. The van der Waals surface area contributed by atoms with Crippen molar-refractivity contribution in [2.24, 2.45) is 5.41 Å². The SMILES string of the molecule is CCCC.CN1CC23Cc4ccc(OC(=O)NCC(=O)O)c(O)c4C4(CC(=O)CCC4(O)C12)C3. The number of likely N-dealkylation sites (tertiary alicyclic amines) is 1. The zero-order valence-electron chi connectivity index (χ0n) is 20.0. The first-order chi connectivity index (χ1) is 16.0. The van der Waals surface area contributed by atoms with Gasteiger partial charge in [0.15, 0.2) is 11.5 Å². The van der Waals surface area contributed by atoms with Crippen LogP contribution in [0.1, 0.15) is 63.5 Å². The number of aromatic hydroxyl groups is 1. The van der Waals surface area contributed by atoms with Crippen molar-refractivity contribution in [1.82, 2.24) is 10.2 Å². The van der Waals surface area contributed by atoms with E-state index in [0.717, 1.165) is 12.1 Å². The third kappa shape index (κ3) is 3.48. The van der Waals surface area contributed by atoms with Crippen LogP contribution in [0.4, 0.5) is 4.79 Å². The van der Waals surface area contributed by atoms with Crippen LogP contribution in [0.2, 0.25) is 0 Å². The fourth-order valence-corrected chi connectivity index (χ4v) is 7.06. The number of hydrogen-bond acceptors (Lipinski definition) is 7. The molecule has 5 rings (SSSR count). The van der Waals surface area contributed by atoms with Gasteiger partial charge < -0.3 is 25.4 Å². The number of aliphatic hydroxyl groups is 1. The van der Waals surface area contributed by atoms with E-state index in [2.05, 4.69) is 24.1 Å². The quantitative estimate of drug-likeness (QED) is 0.522. The Morgan fingerprint density at radius 1 is 1.24 bits per heavy atom. The molecule has 1 amide bonds. The van der Waals surface area contributed by atoms with Crippen molar-refractivity contribution in [3.05, 3.63) is 23.3 Å². The summed E-state index contributed by atoms with van der Waals surface area (Å²) in [5.74, 6) is -1.54. The van der Waals surface area contributed by atoms with E-state index in [9.17, 15) is 24.6 Å². The zero-order chi connectivity index (χ0) is 24.9. The summed E-state index contributed by atoms with van der Waals surface area (Å²) < 4.78 is 5.15. The molecule has 1 heterocycles. The predicted octanol–water partition coefficient (Wildman–Crippen LogP) is 2.35. The van der Waals surface area contributed by atoms with Crippen molar-refractivity contribution in [1.29, 1.82) is 0 Å². The molecule has 1 aromatic rings. The van der Waals surface area contributed by atoms with Crippen LogP contribution < -0.4 is 10.1 Å². The third-order valence-electron chi connectivity index (χ3n) is 8.14. The van der Waals surface area contributed by atoms with Crippen LogP contribution in [0.5, 0.6) is 11.5 Å². The molecule has 186 valence electrons. The Morgan fingerprint density at radius 3 is 2.56 bits per heavy atom. The lowest BCUT2D eigenvalue weighted by Crippen LogP contribution is -2.69. The van der Waals surface area contributed by atoms with Crippen LogP contribution in [0.15, 0.2) is 12.1 Å². The van der Waals surface area contributed by atoms with E-state index in [1.807, 2.05) is 7.05 Å². The lowest BCUT2D eigenvalue weighted by molar-refractivity contribution is -0.154. The Morgan fingerprint density at radius 2 is 1.94 bits per heavy atom. The number of amides is 1. The number of fused-ring (bicyclic) bond motifs is 2. The Kier molecular flexibility index (Phi) is 6.14. The number of phenolic OH excluding ortho intramolecular Hbond substituents is 1. The molecule has 3 aliphatic carbocycles. The topological polar surface area (TPSA) is 136 Å². The molecule has 1 aliphatic heterocycles. The molecule has 4 N–H and O–H groups in total. The van der Waals surface area contributed by atoms with E-state index in [-0.39, 0.29) is 35.2 Å². The number of likely N-dealkylation sites (N-methyl/N-ethyl adjacent to an activating group) is 1. The smallest absolute Gasteiger partial charge is 0.413 e. The maximum Gasteiger partial charge on any atom is 0.413 e. The van der Waals surface area contributed by atoms with E-state index in [0.29, 0.717) is 31.2 Å². The number of unbranched alkanes of at least 4 members (excludes halogenated alkanes) is 1. The summed E-state index contributed by atoms with van der Waals surface area (Å²) in [7, 11) is 1.98. The normalized spacial score (nSPS) is 32.8. The number of carboxylic acid groups (broad SMARTS) is 1. The fourth-order valence-electron chi connectivity index (χ4n) is 7.06. The highest BCUT2D eigenvalue weighted by atomic mass is 16.6. The maximum atomic E-state index is 12.5. The van der Waals surface area contributed by atoms with Crippen molar-refractivity contribution in [2.75, 3.05) is 20.1 Å². The summed E-state index contributed by atoms with van der Waals surface area (Å²) in [6, 6.07) is 3.17. The highest BCUT2D eigenvalue weighted by Gasteiger charge is 2.78. The van der Waals surface area contributed by atoms with Gasteiger partial charge in [0.25, 0.3) is 0 Å². The van der Waals surface area contributed by atoms with Crippen LogP contribution in [0.3, 0.4) is 0 Å². The van der Waals surface area contributed by atoms with Crippen molar-refractivity contribution in [3.8, 4) is 11.5 Å². The monoisotopic (exact) mass is 474 g/mol. The van der Waals surface area contributed by atoms with Crippen LogP contribution in [-0.4, -0.2) is 69.8 Å². The minimum Gasteiger partial charge on any atom is -0.504 e. The van der Waals surface area contributed by atoms with Crippen molar-refractivity contribution < 1.29 is 34.4 Å². The number of nitrogens with zero attached hydrogens (tertiary/aromatic N) is 1. The van der Waals surface area contributed by atoms with Crippen molar-refractivity contribution in [2.45, 2.75) is 75.9 Å². The molecule has 4 atom stereocenters. The number of benzene rings is 1. The summed E-state index contributed by atoms with van der Waals surface area (Å²) in [5.41, 5.74) is -0.849. The molecule has 4 aliphatic rings. The third-order valence-corrected chi connectivity index (χ3v) is 8.14. The van der Waals surface area contributed by atoms with Crippen LogP contribution in [-0.2, 0) is 21.4 Å². The lowest BCUT2D eigenvalue weighted by atomic mass is 9.58. The lowest BCUT2D eigenvalue weighted by Gasteiger charge is -2.56. The summed E-state index contributed by atoms with van der Waals surface area (Å²) in [5, 5.41) is 33.8. The number of nitrogens with one attached hydrogen (secondary N) is 1. The minimum atomic E-state index is -1.22. The number of ether oxygens (including phenoxy) is 1. The molecule has 0 aromatic heterocycles. The molecule has 9 heteroatoms. The first-order valence-electron chi connectivity index (χ1n) is 12.0. The molecule has 3 fully saturated rings. The average molecular weight is 475 g/mol. The summed E-state index contributed by atoms with van der Waals surface area (Å²) in [4.78, 5) is 37.2. The van der Waals surface area contributed by atoms with Crippen LogP contribution in [0.25, 0.3) is 0 Å². The van der Waals surface area contributed by atoms with Gasteiger partial charge in [-0.3, -0.25) is 14.5 Å². The zero-order valence-corrected chi connectivity index (χ0v) is 20.0. The van der Waals surface area contributed by atoms with Gasteiger partial charge in [-0.25, -0.2) is 4.79 Å².